The molecule has 1 aromatic rings. The zero-order valence-corrected chi connectivity index (χ0v) is 15.8. The van der Waals surface area contributed by atoms with Crippen LogP contribution in [0.25, 0.3) is 0 Å². The summed E-state index contributed by atoms with van der Waals surface area (Å²) in [5.74, 6) is 1.73. The van der Waals surface area contributed by atoms with Gasteiger partial charge in [0.15, 0.2) is 5.96 Å². The Hall–Kier alpha value is -1.60. The third-order valence-electron chi connectivity index (χ3n) is 4.24. The van der Waals surface area contributed by atoms with Crippen LogP contribution in [0.1, 0.15) is 43.2 Å². The molecule has 25 heavy (non-hydrogen) atoms. The van der Waals surface area contributed by atoms with Crippen molar-refractivity contribution >= 4 is 5.96 Å². The van der Waals surface area contributed by atoms with E-state index in [1.54, 1.807) is 0 Å². The van der Waals surface area contributed by atoms with Crippen molar-refractivity contribution in [3.63, 3.8) is 0 Å². The smallest absolute Gasteiger partial charge is 0.191 e. The molecular weight excluding hydrogens is 320 g/mol. The van der Waals surface area contributed by atoms with Gasteiger partial charge in [-0.05, 0) is 46.5 Å². The zero-order valence-electron chi connectivity index (χ0n) is 15.8. The molecule has 2 heterocycles. The molecule has 0 bridgehead atoms. The van der Waals surface area contributed by atoms with Crippen LogP contribution in [0.4, 0.5) is 0 Å². The second-order valence-corrected chi connectivity index (χ2v) is 6.30. The highest BCUT2D eigenvalue weighted by Gasteiger charge is 2.14. The fourth-order valence-corrected chi connectivity index (χ4v) is 2.85. The molecule has 0 amide bonds. The Labute approximate surface area is 150 Å². The highest BCUT2D eigenvalue weighted by atomic mass is 16.5. The first-order valence-electron chi connectivity index (χ1n) is 9.34. The molecule has 0 aliphatic carbocycles. The number of aromatic nitrogens is 1. The molecule has 142 valence electrons. The average molecular weight is 352 g/mol. The quantitative estimate of drug-likeness (QED) is 0.381. The lowest BCUT2D eigenvalue weighted by atomic mass is 10.1. The maximum Gasteiger partial charge on any atom is 0.191 e. The largest absolute Gasteiger partial charge is 0.379 e. The van der Waals surface area contributed by atoms with Crippen LogP contribution in [0.5, 0.6) is 0 Å². The van der Waals surface area contributed by atoms with Crippen molar-refractivity contribution in [1.29, 1.82) is 0 Å². The first-order chi connectivity index (χ1) is 12.2. The van der Waals surface area contributed by atoms with E-state index >= 15 is 0 Å². The van der Waals surface area contributed by atoms with E-state index in [2.05, 4.69) is 27.7 Å². The van der Waals surface area contributed by atoms with Gasteiger partial charge in [0.1, 0.15) is 5.76 Å². The molecule has 1 unspecified atom stereocenters. The van der Waals surface area contributed by atoms with Crippen molar-refractivity contribution in [3.05, 3.63) is 17.0 Å². The molecule has 2 rings (SSSR count). The molecule has 0 spiro atoms. The molecule has 7 heteroatoms. The lowest BCUT2D eigenvalue weighted by Gasteiger charge is -2.12. The van der Waals surface area contributed by atoms with E-state index in [-0.39, 0.29) is 0 Å². The van der Waals surface area contributed by atoms with Crippen LogP contribution < -0.4 is 10.6 Å². The van der Waals surface area contributed by atoms with Gasteiger partial charge in [-0.1, -0.05) is 5.16 Å². The summed E-state index contributed by atoms with van der Waals surface area (Å²) in [4.78, 5) is 4.59. The van der Waals surface area contributed by atoms with Crippen LogP contribution in [-0.2, 0) is 15.9 Å². The van der Waals surface area contributed by atoms with E-state index in [1.807, 2.05) is 13.8 Å². The summed E-state index contributed by atoms with van der Waals surface area (Å²) in [5, 5.41) is 10.6. The molecule has 0 aromatic carbocycles. The van der Waals surface area contributed by atoms with E-state index in [9.17, 15) is 0 Å². The summed E-state index contributed by atoms with van der Waals surface area (Å²) in [6, 6.07) is 0. The van der Waals surface area contributed by atoms with Crippen molar-refractivity contribution in [1.82, 2.24) is 15.8 Å². The van der Waals surface area contributed by atoms with E-state index < -0.39 is 0 Å². The van der Waals surface area contributed by atoms with E-state index in [0.717, 1.165) is 75.9 Å². The number of nitrogens with zero attached hydrogens (tertiary/aromatic N) is 2. The van der Waals surface area contributed by atoms with Crippen molar-refractivity contribution < 1.29 is 14.0 Å². The number of aliphatic imine (C=N–C) groups is 1. The average Bonchev–Trinajstić information content (AvgIpc) is 3.22. The van der Waals surface area contributed by atoms with E-state index in [4.69, 9.17) is 14.0 Å². The summed E-state index contributed by atoms with van der Waals surface area (Å²) in [6.45, 7) is 10.7. The number of aryl methyl sites for hydroxylation is 2. The Morgan fingerprint density at radius 2 is 2.24 bits per heavy atom. The zero-order chi connectivity index (χ0) is 17.9. The van der Waals surface area contributed by atoms with Crippen LogP contribution in [0.3, 0.4) is 0 Å². The monoisotopic (exact) mass is 352 g/mol. The second kappa shape index (κ2) is 11.1. The molecule has 0 saturated carbocycles. The lowest BCUT2D eigenvalue weighted by Crippen LogP contribution is -2.38. The van der Waals surface area contributed by atoms with Crippen LogP contribution >= 0.6 is 0 Å². The van der Waals surface area contributed by atoms with Gasteiger partial charge in [0.05, 0.1) is 18.4 Å². The number of nitrogens with one attached hydrogen (secondary N) is 2. The molecule has 2 N–H and O–H groups in total. The normalized spacial score (nSPS) is 17.9. The van der Waals surface area contributed by atoms with Gasteiger partial charge in [0.25, 0.3) is 0 Å². The molecule has 1 atom stereocenters. The highest BCUT2D eigenvalue weighted by Crippen LogP contribution is 2.12. The maximum atomic E-state index is 5.66. The van der Waals surface area contributed by atoms with Gasteiger partial charge < -0.3 is 24.6 Å². The number of rotatable bonds is 10. The van der Waals surface area contributed by atoms with E-state index in [1.165, 1.54) is 5.56 Å². The van der Waals surface area contributed by atoms with Gasteiger partial charge >= 0.3 is 0 Å². The molecule has 7 nitrogen and oxygen atoms in total. The van der Waals surface area contributed by atoms with Gasteiger partial charge in [0, 0.05) is 38.4 Å². The third-order valence-corrected chi connectivity index (χ3v) is 4.24. The Bertz CT molecular complexity index is 505. The summed E-state index contributed by atoms with van der Waals surface area (Å²) < 4.78 is 16.4. The minimum Gasteiger partial charge on any atom is -0.379 e. The topological polar surface area (TPSA) is 80.9 Å². The fraction of sp³-hybridized carbons (Fsp3) is 0.778. The van der Waals surface area contributed by atoms with Gasteiger partial charge in [0.2, 0.25) is 0 Å². The van der Waals surface area contributed by atoms with Crippen LogP contribution in [0.2, 0.25) is 0 Å². The predicted octanol–water partition coefficient (Wildman–Crippen LogP) is 1.97. The molecule has 1 aliphatic heterocycles. The third kappa shape index (κ3) is 7.04. The van der Waals surface area contributed by atoms with Gasteiger partial charge in [-0.3, -0.25) is 4.99 Å². The van der Waals surface area contributed by atoms with Crippen molar-refractivity contribution in [2.45, 2.75) is 52.6 Å². The van der Waals surface area contributed by atoms with Gasteiger partial charge in [-0.25, -0.2) is 0 Å². The minimum absolute atomic E-state index is 0.298. The highest BCUT2D eigenvalue weighted by molar-refractivity contribution is 5.79. The van der Waals surface area contributed by atoms with E-state index in [0.29, 0.717) is 12.7 Å². The summed E-state index contributed by atoms with van der Waals surface area (Å²) >= 11 is 0. The van der Waals surface area contributed by atoms with Gasteiger partial charge in [-0.2, -0.15) is 0 Å². The van der Waals surface area contributed by atoms with Crippen molar-refractivity contribution in [2.75, 3.05) is 39.5 Å². The number of hydrogen-bond acceptors (Lipinski definition) is 5. The standard InChI is InChI=1S/C18H32N4O3/c1-4-19-18(21-10-8-17-14(2)22-25-15(17)3)20-9-6-11-23-13-16-7-5-12-24-16/h16H,4-13H2,1-3H3,(H2,19,20,21). The fourth-order valence-electron chi connectivity index (χ4n) is 2.85. The molecule has 1 aliphatic rings. The number of ether oxygens (including phenoxy) is 2. The summed E-state index contributed by atoms with van der Waals surface area (Å²) in [6.07, 6.45) is 4.36. The summed E-state index contributed by atoms with van der Waals surface area (Å²) in [7, 11) is 0. The first-order valence-corrected chi connectivity index (χ1v) is 9.34. The minimum atomic E-state index is 0.298. The second-order valence-electron chi connectivity index (χ2n) is 6.30. The Morgan fingerprint density at radius 1 is 1.36 bits per heavy atom. The van der Waals surface area contributed by atoms with Crippen molar-refractivity contribution in [2.24, 2.45) is 4.99 Å². The lowest BCUT2D eigenvalue weighted by molar-refractivity contribution is 0.0171. The Balaban J connectivity index is 1.61. The predicted molar refractivity (Wildman–Crippen MR) is 98.1 cm³/mol. The molecular formula is C18H32N4O3. The van der Waals surface area contributed by atoms with Crippen LogP contribution in [0.15, 0.2) is 9.52 Å². The first kappa shape index (κ1) is 19.7. The number of hydrogen-bond donors (Lipinski definition) is 2. The summed E-state index contributed by atoms with van der Waals surface area (Å²) in [5.41, 5.74) is 2.13. The Kier molecular flexibility index (Phi) is 8.76. The molecule has 1 saturated heterocycles. The molecule has 0 radical (unpaired) electrons. The Morgan fingerprint density at radius 3 is 2.92 bits per heavy atom. The van der Waals surface area contributed by atoms with Gasteiger partial charge in [-0.15, -0.1) is 0 Å². The maximum absolute atomic E-state index is 5.66. The van der Waals surface area contributed by atoms with Crippen LogP contribution in [-0.4, -0.2) is 56.7 Å². The SMILES string of the molecule is CCNC(=NCCCOCC1CCCO1)NCCc1c(C)noc1C. The number of guanidine groups is 1. The van der Waals surface area contributed by atoms with Crippen molar-refractivity contribution in [3.8, 4) is 0 Å². The molecule has 1 aromatic heterocycles. The van der Waals surface area contributed by atoms with Crippen LogP contribution in [0, 0.1) is 13.8 Å². The molecule has 1 fully saturated rings.